The largest absolute Gasteiger partial charge is 0.356 e. The molecule has 1 aromatic carbocycles. The van der Waals surface area contributed by atoms with Crippen molar-refractivity contribution in [3.05, 3.63) is 53.9 Å². The van der Waals surface area contributed by atoms with E-state index in [0.29, 0.717) is 32.5 Å². The van der Waals surface area contributed by atoms with Crippen molar-refractivity contribution in [3.8, 4) is 0 Å². The summed E-state index contributed by atoms with van der Waals surface area (Å²) >= 11 is 0. The zero-order valence-corrected chi connectivity index (χ0v) is 16.2. The van der Waals surface area contributed by atoms with Gasteiger partial charge in [-0.3, -0.25) is 9.59 Å². The predicted molar refractivity (Wildman–Crippen MR) is 104 cm³/mol. The lowest BCUT2D eigenvalue weighted by Gasteiger charge is -2.32. The molecule has 1 aliphatic heterocycles. The highest BCUT2D eigenvalue weighted by molar-refractivity contribution is 5.83. The third-order valence-electron chi connectivity index (χ3n) is 5.13. The van der Waals surface area contributed by atoms with Crippen LogP contribution < -0.4 is 5.32 Å². The van der Waals surface area contributed by atoms with Crippen molar-refractivity contribution >= 4 is 11.8 Å². The fraction of sp³-hybridized carbons (Fsp3) is 0.476. The van der Waals surface area contributed by atoms with Crippen molar-refractivity contribution in [1.29, 1.82) is 0 Å². The Morgan fingerprint density at radius 1 is 1.39 bits per heavy atom. The van der Waals surface area contributed by atoms with Crippen LogP contribution in [0.3, 0.4) is 0 Å². The molecule has 150 valence electrons. The molecule has 1 unspecified atom stereocenters. The van der Waals surface area contributed by atoms with E-state index < -0.39 is 0 Å². The molecule has 2 aromatic rings. The first kappa shape index (κ1) is 20.0. The summed E-state index contributed by atoms with van der Waals surface area (Å²) in [6.45, 7) is 4.19. The molecule has 0 bridgehead atoms. The van der Waals surface area contributed by atoms with Gasteiger partial charge >= 0.3 is 0 Å². The number of carbonyl (C=O) groups is 2. The molecular formula is C21H27FN4O2. The number of hydrogen-bond acceptors (Lipinski definition) is 3. The quantitative estimate of drug-likeness (QED) is 0.709. The van der Waals surface area contributed by atoms with E-state index in [4.69, 9.17) is 0 Å². The second-order valence-corrected chi connectivity index (χ2v) is 7.17. The van der Waals surface area contributed by atoms with E-state index in [1.807, 2.05) is 6.20 Å². The highest BCUT2D eigenvalue weighted by Crippen LogP contribution is 2.20. The standard InChI is InChI=1S/C21H27FN4O2/c1-2-19-23-10-12-25(19)11-4-9-24-21(28)17-7-8-20(27)26(15-17)14-16-5-3-6-18(22)13-16/h3,5-6,10,12-13,17H,2,4,7-9,11,14-15H2,1H3,(H,24,28). The number of benzene rings is 1. The number of aromatic nitrogens is 2. The van der Waals surface area contributed by atoms with Gasteiger partial charge in [0.15, 0.2) is 0 Å². The van der Waals surface area contributed by atoms with Gasteiger partial charge in [0.2, 0.25) is 11.8 Å². The average molecular weight is 386 g/mol. The number of carbonyl (C=O) groups excluding carboxylic acids is 2. The lowest BCUT2D eigenvalue weighted by atomic mass is 9.96. The SMILES string of the molecule is CCc1nccn1CCCNC(=O)C1CCC(=O)N(Cc2cccc(F)c2)C1. The van der Waals surface area contributed by atoms with E-state index >= 15 is 0 Å². The van der Waals surface area contributed by atoms with E-state index in [2.05, 4.69) is 21.8 Å². The van der Waals surface area contributed by atoms with E-state index in [0.717, 1.165) is 30.8 Å². The molecule has 1 aliphatic rings. The molecule has 1 aromatic heterocycles. The summed E-state index contributed by atoms with van der Waals surface area (Å²) in [6.07, 6.45) is 6.37. The maximum Gasteiger partial charge on any atom is 0.224 e. The molecule has 2 amide bonds. The molecule has 0 aliphatic carbocycles. The van der Waals surface area contributed by atoms with Gasteiger partial charge in [0.25, 0.3) is 0 Å². The fourth-order valence-electron chi connectivity index (χ4n) is 3.60. The van der Waals surface area contributed by atoms with Crippen LogP contribution in [-0.2, 0) is 29.1 Å². The molecule has 28 heavy (non-hydrogen) atoms. The summed E-state index contributed by atoms with van der Waals surface area (Å²) in [5, 5.41) is 2.99. The second-order valence-electron chi connectivity index (χ2n) is 7.17. The molecule has 1 fully saturated rings. The first-order chi connectivity index (χ1) is 13.6. The van der Waals surface area contributed by atoms with Crippen LogP contribution in [0.15, 0.2) is 36.7 Å². The Hall–Kier alpha value is -2.70. The molecule has 1 atom stereocenters. The molecule has 1 N–H and O–H groups in total. The van der Waals surface area contributed by atoms with Crippen molar-refractivity contribution < 1.29 is 14.0 Å². The molecule has 2 heterocycles. The number of rotatable bonds is 8. The molecule has 0 spiro atoms. The minimum absolute atomic E-state index is 0.0144. The predicted octanol–water partition coefficient (Wildman–Crippen LogP) is 2.53. The topological polar surface area (TPSA) is 67.2 Å². The van der Waals surface area contributed by atoms with Crippen LogP contribution >= 0.6 is 0 Å². The number of nitrogens with zero attached hydrogens (tertiary/aromatic N) is 3. The van der Waals surface area contributed by atoms with Crippen LogP contribution in [0.1, 0.15) is 37.6 Å². The van der Waals surface area contributed by atoms with E-state index in [1.54, 1.807) is 23.2 Å². The van der Waals surface area contributed by atoms with Gasteiger partial charge in [-0.05, 0) is 30.5 Å². The van der Waals surface area contributed by atoms with Gasteiger partial charge in [-0.1, -0.05) is 19.1 Å². The molecule has 6 nitrogen and oxygen atoms in total. The summed E-state index contributed by atoms with van der Waals surface area (Å²) in [4.78, 5) is 30.7. The van der Waals surface area contributed by atoms with Crippen molar-refractivity contribution in [2.24, 2.45) is 5.92 Å². The minimum Gasteiger partial charge on any atom is -0.356 e. The number of likely N-dealkylation sites (tertiary alicyclic amines) is 1. The van der Waals surface area contributed by atoms with Crippen molar-refractivity contribution in [1.82, 2.24) is 19.8 Å². The summed E-state index contributed by atoms with van der Waals surface area (Å²) in [5.74, 6) is 0.509. The number of hydrogen-bond donors (Lipinski definition) is 1. The first-order valence-electron chi connectivity index (χ1n) is 9.86. The smallest absolute Gasteiger partial charge is 0.224 e. The summed E-state index contributed by atoms with van der Waals surface area (Å²) in [5.41, 5.74) is 0.737. The highest BCUT2D eigenvalue weighted by Gasteiger charge is 2.30. The third-order valence-corrected chi connectivity index (χ3v) is 5.13. The number of aryl methyl sites for hydroxylation is 2. The van der Waals surface area contributed by atoms with Gasteiger partial charge in [0.1, 0.15) is 11.6 Å². The number of imidazole rings is 1. The van der Waals surface area contributed by atoms with Crippen LogP contribution in [0.4, 0.5) is 4.39 Å². The average Bonchev–Trinajstić information content (AvgIpc) is 3.14. The van der Waals surface area contributed by atoms with Gasteiger partial charge in [-0.2, -0.15) is 0 Å². The highest BCUT2D eigenvalue weighted by atomic mass is 19.1. The summed E-state index contributed by atoms with van der Waals surface area (Å²) < 4.78 is 15.5. The molecule has 7 heteroatoms. The monoisotopic (exact) mass is 386 g/mol. The number of halogens is 1. The molecule has 1 saturated heterocycles. The number of piperidine rings is 1. The van der Waals surface area contributed by atoms with Crippen molar-refractivity contribution in [2.75, 3.05) is 13.1 Å². The first-order valence-corrected chi connectivity index (χ1v) is 9.86. The van der Waals surface area contributed by atoms with Gasteiger partial charge in [-0.15, -0.1) is 0 Å². The summed E-state index contributed by atoms with van der Waals surface area (Å²) in [6, 6.07) is 6.23. The Bertz CT molecular complexity index is 820. The zero-order chi connectivity index (χ0) is 19.9. The van der Waals surface area contributed by atoms with E-state index in [1.165, 1.54) is 12.1 Å². The zero-order valence-electron chi connectivity index (χ0n) is 16.2. The van der Waals surface area contributed by atoms with Crippen LogP contribution in [0, 0.1) is 11.7 Å². The minimum atomic E-state index is -0.319. The Kier molecular flexibility index (Phi) is 6.79. The molecule has 3 rings (SSSR count). The Balaban J connectivity index is 1.46. The Morgan fingerprint density at radius 3 is 3.04 bits per heavy atom. The maximum atomic E-state index is 13.4. The van der Waals surface area contributed by atoms with Crippen LogP contribution in [0.5, 0.6) is 0 Å². The van der Waals surface area contributed by atoms with Crippen molar-refractivity contribution in [2.45, 2.75) is 45.7 Å². The van der Waals surface area contributed by atoms with Gasteiger partial charge in [0, 0.05) is 51.4 Å². The lowest BCUT2D eigenvalue weighted by Crippen LogP contribution is -2.45. The van der Waals surface area contributed by atoms with Crippen molar-refractivity contribution in [3.63, 3.8) is 0 Å². The Morgan fingerprint density at radius 2 is 2.25 bits per heavy atom. The maximum absolute atomic E-state index is 13.4. The van der Waals surface area contributed by atoms with Crippen LogP contribution in [-0.4, -0.2) is 39.4 Å². The second kappa shape index (κ2) is 9.48. The molecule has 0 radical (unpaired) electrons. The van der Waals surface area contributed by atoms with Gasteiger partial charge in [-0.25, -0.2) is 9.37 Å². The van der Waals surface area contributed by atoms with Gasteiger partial charge in [0.05, 0.1) is 5.92 Å². The molecular weight excluding hydrogens is 359 g/mol. The van der Waals surface area contributed by atoms with Crippen LogP contribution in [0.25, 0.3) is 0 Å². The molecule has 0 saturated carbocycles. The Labute approximate surface area is 164 Å². The fourth-order valence-corrected chi connectivity index (χ4v) is 3.60. The number of amides is 2. The van der Waals surface area contributed by atoms with E-state index in [-0.39, 0.29) is 23.5 Å². The normalized spacial score (nSPS) is 17.0. The van der Waals surface area contributed by atoms with Crippen LogP contribution in [0.2, 0.25) is 0 Å². The number of nitrogens with one attached hydrogen (secondary N) is 1. The lowest BCUT2D eigenvalue weighted by molar-refractivity contribution is -0.138. The van der Waals surface area contributed by atoms with Gasteiger partial charge < -0.3 is 14.8 Å². The van der Waals surface area contributed by atoms with E-state index in [9.17, 15) is 14.0 Å². The summed E-state index contributed by atoms with van der Waals surface area (Å²) in [7, 11) is 0. The third kappa shape index (κ3) is 5.18.